The minimum atomic E-state index is 0.282. The Labute approximate surface area is 336 Å². The van der Waals surface area contributed by atoms with Crippen molar-refractivity contribution in [1.82, 2.24) is 19.8 Å². The Kier molecular flexibility index (Phi) is 13.4. The third-order valence-electron chi connectivity index (χ3n) is 10.9. The molecule has 5 aromatic rings. The summed E-state index contributed by atoms with van der Waals surface area (Å²) in [7, 11) is 0. The molecule has 2 aromatic heterocycles. The number of hydrogen-bond donors (Lipinski definition) is 0. The molecule has 7 rings (SSSR count). The van der Waals surface area contributed by atoms with E-state index in [0.717, 1.165) is 115 Å². The number of rotatable bonds is 15. The number of halogens is 1. The van der Waals surface area contributed by atoms with Crippen LogP contribution in [0.25, 0.3) is 11.1 Å². The lowest BCUT2D eigenvalue weighted by molar-refractivity contribution is 0.214. The molecular formula is C46H51ClN6O3. The van der Waals surface area contributed by atoms with E-state index in [4.69, 9.17) is 25.8 Å². The number of piperazine rings is 1. The molecule has 2 fully saturated rings. The third kappa shape index (κ3) is 9.99. The van der Waals surface area contributed by atoms with Crippen molar-refractivity contribution in [2.45, 2.75) is 59.3 Å². The van der Waals surface area contributed by atoms with Crippen molar-refractivity contribution >= 4 is 17.4 Å². The fraction of sp³-hybridized carbons (Fsp3) is 0.370. The maximum atomic E-state index is 9.35. The van der Waals surface area contributed by atoms with Crippen LogP contribution in [0.2, 0.25) is 5.02 Å². The lowest BCUT2D eigenvalue weighted by Crippen LogP contribution is -2.47. The Balaban J connectivity index is 0.987. The molecule has 10 heteroatoms. The van der Waals surface area contributed by atoms with Gasteiger partial charge >= 0.3 is 0 Å². The van der Waals surface area contributed by atoms with Crippen molar-refractivity contribution in [2.24, 2.45) is 0 Å². The van der Waals surface area contributed by atoms with Crippen LogP contribution in [0.15, 0.2) is 91.4 Å². The van der Waals surface area contributed by atoms with Crippen molar-refractivity contribution in [1.29, 1.82) is 5.26 Å². The van der Waals surface area contributed by atoms with Gasteiger partial charge in [0.05, 0.1) is 17.2 Å². The van der Waals surface area contributed by atoms with Gasteiger partial charge in [0.25, 0.3) is 0 Å². The van der Waals surface area contributed by atoms with E-state index in [9.17, 15) is 5.26 Å². The average molecular weight is 771 g/mol. The molecule has 0 atom stereocenters. The zero-order valence-electron chi connectivity index (χ0n) is 32.6. The van der Waals surface area contributed by atoms with E-state index in [2.05, 4.69) is 93.1 Å². The molecule has 290 valence electrons. The molecule has 2 aliphatic heterocycles. The van der Waals surface area contributed by atoms with E-state index < -0.39 is 0 Å². The topological polar surface area (TPSA) is 87.0 Å². The first-order valence-corrected chi connectivity index (χ1v) is 20.2. The van der Waals surface area contributed by atoms with Crippen molar-refractivity contribution in [2.75, 3.05) is 57.3 Å². The first-order chi connectivity index (χ1) is 27.4. The van der Waals surface area contributed by atoms with Crippen LogP contribution < -0.4 is 19.1 Å². The van der Waals surface area contributed by atoms with Crippen molar-refractivity contribution in [3.05, 3.63) is 130 Å². The van der Waals surface area contributed by atoms with Crippen molar-refractivity contribution in [3.8, 4) is 34.4 Å². The maximum Gasteiger partial charge on any atom is 0.142 e. The summed E-state index contributed by atoms with van der Waals surface area (Å²) in [6.07, 6.45) is 9.77. The first-order valence-electron chi connectivity index (χ1n) is 19.8. The standard InChI is InChI=1S/C46H51ClN6O3/c1-34-38(33-56-45-27-44(55-32-37-25-36(28-48)29-49-30-37)39(26-42(45)47)31-52-17-6-3-7-18-52)11-8-12-40(34)41-13-9-14-43(35(41)2)54-24-10-19-51-20-22-53(23-21-51)46-15-4-5-16-50-46/h4-5,8-9,11-16,25-27,29-30H,3,6-7,10,17-24,31-33H2,1-2H3. The lowest BCUT2D eigenvalue weighted by Gasteiger charge is -2.35. The largest absolute Gasteiger partial charge is 0.493 e. The normalized spacial score (nSPS) is 15.0. The molecule has 4 heterocycles. The minimum absolute atomic E-state index is 0.282. The summed E-state index contributed by atoms with van der Waals surface area (Å²) < 4.78 is 19.2. The second-order valence-electron chi connectivity index (χ2n) is 14.7. The van der Waals surface area contributed by atoms with E-state index >= 15 is 0 Å². The van der Waals surface area contributed by atoms with Gasteiger partial charge in [-0.2, -0.15) is 5.26 Å². The monoisotopic (exact) mass is 770 g/mol. The summed E-state index contributed by atoms with van der Waals surface area (Å²) in [6, 6.07) is 26.6. The van der Waals surface area contributed by atoms with Gasteiger partial charge in [0.15, 0.2) is 0 Å². The van der Waals surface area contributed by atoms with Gasteiger partial charge in [0, 0.05) is 75.1 Å². The fourth-order valence-corrected chi connectivity index (χ4v) is 7.89. The van der Waals surface area contributed by atoms with Crippen molar-refractivity contribution in [3.63, 3.8) is 0 Å². The number of pyridine rings is 2. The molecule has 56 heavy (non-hydrogen) atoms. The van der Waals surface area contributed by atoms with Crippen LogP contribution in [-0.4, -0.2) is 72.2 Å². The molecule has 3 aromatic carbocycles. The smallest absolute Gasteiger partial charge is 0.142 e. The summed E-state index contributed by atoms with van der Waals surface area (Å²) in [6.45, 7) is 13.5. The Bertz CT molecular complexity index is 2110. The molecule has 0 aliphatic carbocycles. The van der Waals surface area contributed by atoms with Crippen LogP contribution in [0.5, 0.6) is 17.2 Å². The molecule has 0 radical (unpaired) electrons. The van der Waals surface area contributed by atoms with Crippen LogP contribution >= 0.6 is 11.6 Å². The van der Waals surface area contributed by atoms with Gasteiger partial charge in [0.1, 0.15) is 42.3 Å². The van der Waals surface area contributed by atoms with Gasteiger partial charge in [-0.25, -0.2) is 4.98 Å². The highest BCUT2D eigenvalue weighted by atomic mass is 35.5. The number of likely N-dealkylation sites (tertiary alicyclic amines) is 1. The van der Waals surface area contributed by atoms with E-state index in [0.29, 0.717) is 29.5 Å². The number of hydrogen-bond acceptors (Lipinski definition) is 9. The number of piperidine rings is 1. The molecule has 0 unspecified atom stereocenters. The zero-order chi connectivity index (χ0) is 38.7. The van der Waals surface area contributed by atoms with Gasteiger partial charge in [-0.15, -0.1) is 0 Å². The van der Waals surface area contributed by atoms with Gasteiger partial charge in [-0.3, -0.25) is 14.8 Å². The zero-order valence-corrected chi connectivity index (χ0v) is 33.3. The second kappa shape index (κ2) is 19.1. The predicted molar refractivity (Wildman–Crippen MR) is 223 cm³/mol. The molecule has 0 saturated carbocycles. The molecule has 0 spiro atoms. The summed E-state index contributed by atoms with van der Waals surface area (Å²) in [5.74, 6) is 3.27. The summed E-state index contributed by atoms with van der Waals surface area (Å²) in [4.78, 5) is 16.0. The SMILES string of the molecule is Cc1c(COc2cc(OCc3cncc(C#N)c3)c(CN3CCCCC3)cc2Cl)cccc1-c1cccc(OCCCN2CCN(c3ccccn3)CC2)c1C. The van der Waals surface area contributed by atoms with Crippen molar-refractivity contribution < 1.29 is 14.2 Å². The molecule has 2 aliphatic rings. The predicted octanol–water partition coefficient (Wildman–Crippen LogP) is 9.02. The molecule has 2 saturated heterocycles. The number of nitriles is 1. The van der Waals surface area contributed by atoms with Crippen LogP contribution in [0.1, 0.15) is 59.1 Å². The Morgan fingerprint density at radius 1 is 0.714 bits per heavy atom. The minimum Gasteiger partial charge on any atom is -0.493 e. The summed E-state index contributed by atoms with van der Waals surface area (Å²) >= 11 is 6.91. The maximum absolute atomic E-state index is 9.35. The Morgan fingerprint density at radius 3 is 2.29 bits per heavy atom. The van der Waals surface area contributed by atoms with E-state index in [1.54, 1.807) is 18.5 Å². The van der Waals surface area contributed by atoms with E-state index in [-0.39, 0.29) is 6.61 Å². The van der Waals surface area contributed by atoms with Crippen LogP contribution in [0.4, 0.5) is 5.82 Å². The third-order valence-corrected chi connectivity index (χ3v) is 11.2. The average Bonchev–Trinajstić information content (AvgIpc) is 3.24. The highest BCUT2D eigenvalue weighted by Crippen LogP contribution is 2.37. The molecule has 0 amide bonds. The number of ether oxygens (including phenoxy) is 3. The van der Waals surface area contributed by atoms with Gasteiger partial charge in [-0.05, 0) is 104 Å². The summed E-state index contributed by atoms with van der Waals surface area (Å²) in [5, 5.41) is 9.91. The number of aromatic nitrogens is 2. The second-order valence-corrected chi connectivity index (χ2v) is 15.1. The van der Waals surface area contributed by atoms with Gasteiger partial charge in [-0.1, -0.05) is 54.4 Å². The molecule has 0 bridgehead atoms. The molecular weight excluding hydrogens is 720 g/mol. The van der Waals surface area contributed by atoms with Crippen LogP contribution in [0, 0.1) is 25.2 Å². The van der Waals surface area contributed by atoms with Crippen LogP contribution in [-0.2, 0) is 19.8 Å². The van der Waals surface area contributed by atoms with Gasteiger partial charge in [0.2, 0.25) is 0 Å². The Hall–Kier alpha value is -5.14. The van der Waals surface area contributed by atoms with Gasteiger partial charge < -0.3 is 19.1 Å². The number of nitrogens with zero attached hydrogens (tertiary/aromatic N) is 6. The highest BCUT2D eigenvalue weighted by Gasteiger charge is 2.20. The highest BCUT2D eigenvalue weighted by molar-refractivity contribution is 6.32. The van der Waals surface area contributed by atoms with E-state index in [1.807, 2.05) is 24.4 Å². The number of benzene rings is 3. The fourth-order valence-electron chi connectivity index (χ4n) is 7.65. The first kappa shape index (κ1) is 39.1. The van der Waals surface area contributed by atoms with E-state index in [1.165, 1.54) is 19.3 Å². The lowest BCUT2D eigenvalue weighted by atomic mass is 9.93. The van der Waals surface area contributed by atoms with Crippen LogP contribution in [0.3, 0.4) is 0 Å². The molecule has 9 nitrogen and oxygen atoms in total. The quantitative estimate of drug-likeness (QED) is 0.0969. The molecule has 0 N–H and O–H groups in total. The Morgan fingerprint density at radius 2 is 1.50 bits per heavy atom. The number of anilines is 1. The summed E-state index contributed by atoms with van der Waals surface area (Å²) in [5.41, 5.74) is 8.01.